The van der Waals surface area contributed by atoms with E-state index in [9.17, 15) is 22.0 Å². The fraction of sp³-hybridized carbons (Fsp3) is 0. The molecule has 0 fully saturated rings. The predicted molar refractivity (Wildman–Crippen MR) is 145 cm³/mol. The molecule has 0 amide bonds. The third-order valence-electron chi connectivity index (χ3n) is 6.44. The van der Waals surface area contributed by atoms with Crippen molar-refractivity contribution >= 4 is 0 Å². The second kappa shape index (κ2) is 10.7. The van der Waals surface area contributed by atoms with Crippen molar-refractivity contribution in [2.75, 3.05) is 0 Å². The zero-order chi connectivity index (χ0) is 28.5. The lowest BCUT2D eigenvalue weighted by molar-refractivity contribution is 0.381. The first-order valence-corrected chi connectivity index (χ1v) is 12.3. The van der Waals surface area contributed by atoms with Gasteiger partial charge in [-0.25, -0.2) is 31.9 Å². The molecule has 0 aliphatic rings. The summed E-state index contributed by atoms with van der Waals surface area (Å²) in [7, 11) is 0. The van der Waals surface area contributed by atoms with Gasteiger partial charge in [0.05, 0.1) is 28.3 Å². The van der Waals surface area contributed by atoms with Crippen LogP contribution in [0.1, 0.15) is 0 Å². The number of hydrogen-bond donors (Lipinski definition) is 0. The molecule has 0 bridgehead atoms. The summed E-state index contributed by atoms with van der Waals surface area (Å²) < 4.78 is 70.4. The summed E-state index contributed by atoms with van der Waals surface area (Å²) in [6, 6.07) is 22.1. The number of rotatable bonds is 5. The highest BCUT2D eigenvalue weighted by atomic mass is 19.2. The Morgan fingerprint density at radius 2 is 0.854 bits per heavy atom. The number of aromatic nitrogens is 4. The Morgan fingerprint density at radius 1 is 0.390 bits per heavy atom. The zero-order valence-corrected chi connectivity index (χ0v) is 21.0. The second-order valence-corrected chi connectivity index (χ2v) is 9.04. The van der Waals surface area contributed by atoms with Crippen molar-refractivity contribution in [2.45, 2.75) is 0 Å². The van der Waals surface area contributed by atoms with Gasteiger partial charge in [0.1, 0.15) is 0 Å². The van der Waals surface area contributed by atoms with Crippen LogP contribution in [0.15, 0.2) is 104 Å². The third kappa shape index (κ3) is 4.93. The molecule has 4 aromatic heterocycles. The van der Waals surface area contributed by atoms with E-state index in [1.54, 1.807) is 49.1 Å². The van der Waals surface area contributed by atoms with Crippen LogP contribution in [0.4, 0.5) is 22.0 Å². The molecule has 200 valence electrons. The summed E-state index contributed by atoms with van der Waals surface area (Å²) in [5.41, 5.74) is 3.89. The van der Waals surface area contributed by atoms with Gasteiger partial charge in [0.2, 0.25) is 5.82 Å². The predicted octanol–water partition coefficient (Wildman–Crippen LogP) is 8.30. The second-order valence-electron chi connectivity index (χ2n) is 9.04. The Bertz CT molecular complexity index is 1810. The maximum absolute atomic E-state index is 14.5. The lowest BCUT2D eigenvalue weighted by Gasteiger charge is -2.12. The number of pyridine rings is 4. The first kappa shape index (κ1) is 25.9. The Hall–Kier alpha value is -5.31. The van der Waals surface area contributed by atoms with Crippen molar-refractivity contribution in [1.29, 1.82) is 0 Å². The maximum Gasteiger partial charge on any atom is 0.200 e. The normalized spacial score (nSPS) is 11.0. The molecule has 0 saturated carbocycles. The molecule has 41 heavy (non-hydrogen) atoms. The molecule has 0 spiro atoms. The van der Waals surface area contributed by atoms with Crippen LogP contribution >= 0.6 is 0 Å². The summed E-state index contributed by atoms with van der Waals surface area (Å²) in [5, 5.41) is 0. The van der Waals surface area contributed by atoms with Gasteiger partial charge < -0.3 is 0 Å². The minimum Gasteiger partial charge on any atom is -0.264 e. The van der Waals surface area contributed by atoms with E-state index in [-0.39, 0.29) is 5.56 Å². The minimum atomic E-state index is -2.21. The monoisotopic (exact) mass is 552 g/mol. The van der Waals surface area contributed by atoms with E-state index >= 15 is 0 Å². The van der Waals surface area contributed by atoms with Gasteiger partial charge in [0.25, 0.3) is 0 Å². The highest BCUT2D eigenvalue weighted by Gasteiger charge is 2.26. The van der Waals surface area contributed by atoms with E-state index in [2.05, 4.69) is 9.97 Å². The van der Waals surface area contributed by atoms with Gasteiger partial charge in [-0.2, -0.15) is 0 Å². The molecule has 9 heteroatoms. The highest BCUT2D eigenvalue weighted by Crippen LogP contribution is 2.34. The van der Waals surface area contributed by atoms with Crippen LogP contribution in [0.5, 0.6) is 0 Å². The molecular formula is C32H17F5N4. The average molecular weight is 553 g/mol. The van der Waals surface area contributed by atoms with Crippen molar-refractivity contribution < 1.29 is 22.0 Å². The number of hydrogen-bond acceptors (Lipinski definition) is 4. The molecule has 0 unspecified atom stereocenters. The average Bonchev–Trinajstić information content (AvgIpc) is 3.04. The van der Waals surface area contributed by atoms with E-state index in [1.165, 1.54) is 18.2 Å². The van der Waals surface area contributed by atoms with Gasteiger partial charge in [-0.05, 0) is 60.2 Å². The van der Waals surface area contributed by atoms with Crippen molar-refractivity contribution in [1.82, 2.24) is 19.9 Å². The summed E-state index contributed by atoms with van der Waals surface area (Å²) in [6.45, 7) is 0. The smallest absolute Gasteiger partial charge is 0.200 e. The first-order chi connectivity index (χ1) is 19.9. The van der Waals surface area contributed by atoms with Gasteiger partial charge in [0, 0.05) is 47.0 Å². The molecule has 0 radical (unpaired) electrons. The Morgan fingerprint density at radius 3 is 1.41 bits per heavy atom. The molecule has 4 nitrogen and oxygen atoms in total. The lowest BCUT2D eigenvalue weighted by Crippen LogP contribution is -2.04. The maximum atomic E-state index is 14.5. The quantitative estimate of drug-likeness (QED) is 0.123. The topological polar surface area (TPSA) is 51.6 Å². The van der Waals surface area contributed by atoms with Crippen molar-refractivity contribution in [3.8, 4) is 56.2 Å². The Labute approximate surface area is 230 Å². The fourth-order valence-electron chi connectivity index (χ4n) is 4.45. The molecule has 0 atom stereocenters. The molecular weight excluding hydrogens is 535 g/mol. The molecule has 0 aliphatic heterocycles. The standard InChI is InChI=1S/C32H17F5N4/c33-28-27(29(34)31(36)32(37)30(28)35)19-6-1-5-18(13-19)23-9-2-10-24(40-23)22-14-25(20-7-3-11-38-16-20)41-26(15-22)21-8-4-12-39-17-21/h1-17H. The number of nitrogens with zero attached hydrogens (tertiary/aromatic N) is 4. The molecule has 0 saturated heterocycles. The van der Waals surface area contributed by atoms with Crippen LogP contribution in [0.3, 0.4) is 0 Å². The van der Waals surface area contributed by atoms with Crippen LogP contribution in [-0.2, 0) is 0 Å². The Kier molecular flexibility index (Phi) is 6.76. The van der Waals surface area contributed by atoms with Crippen molar-refractivity contribution in [3.63, 3.8) is 0 Å². The summed E-state index contributed by atoms with van der Waals surface area (Å²) in [5.74, 6) is -10.0. The molecule has 0 N–H and O–H groups in total. The number of benzene rings is 2. The van der Waals surface area contributed by atoms with Crippen LogP contribution in [0.2, 0.25) is 0 Å². The molecule has 0 aliphatic carbocycles. The molecule has 4 heterocycles. The largest absolute Gasteiger partial charge is 0.264 e. The zero-order valence-electron chi connectivity index (χ0n) is 21.0. The third-order valence-corrected chi connectivity index (χ3v) is 6.44. The summed E-state index contributed by atoms with van der Waals surface area (Å²) >= 11 is 0. The van der Waals surface area contributed by atoms with Gasteiger partial charge in [-0.15, -0.1) is 0 Å². The fourth-order valence-corrected chi connectivity index (χ4v) is 4.45. The Balaban J connectivity index is 1.46. The van der Waals surface area contributed by atoms with Crippen LogP contribution in [0.25, 0.3) is 56.2 Å². The van der Waals surface area contributed by atoms with E-state index < -0.39 is 34.6 Å². The van der Waals surface area contributed by atoms with E-state index in [1.807, 2.05) is 36.4 Å². The van der Waals surface area contributed by atoms with Crippen molar-refractivity contribution in [3.05, 3.63) is 133 Å². The lowest BCUT2D eigenvalue weighted by atomic mass is 9.99. The van der Waals surface area contributed by atoms with Crippen molar-refractivity contribution in [2.24, 2.45) is 0 Å². The van der Waals surface area contributed by atoms with Crippen LogP contribution < -0.4 is 0 Å². The highest BCUT2D eigenvalue weighted by molar-refractivity contribution is 5.77. The molecule has 2 aromatic carbocycles. The van der Waals surface area contributed by atoms with Gasteiger partial charge in [-0.3, -0.25) is 9.97 Å². The summed E-state index contributed by atoms with van der Waals surface area (Å²) in [6.07, 6.45) is 6.74. The minimum absolute atomic E-state index is 0.177. The summed E-state index contributed by atoms with van der Waals surface area (Å²) in [4.78, 5) is 17.9. The van der Waals surface area contributed by atoms with E-state index in [0.29, 0.717) is 28.3 Å². The van der Waals surface area contributed by atoms with Gasteiger partial charge in [-0.1, -0.05) is 24.3 Å². The first-order valence-electron chi connectivity index (χ1n) is 12.3. The van der Waals surface area contributed by atoms with Gasteiger partial charge in [0.15, 0.2) is 23.3 Å². The number of halogens is 5. The van der Waals surface area contributed by atoms with Gasteiger partial charge >= 0.3 is 0 Å². The molecule has 6 rings (SSSR count). The van der Waals surface area contributed by atoms with E-state index in [4.69, 9.17) is 9.97 Å². The van der Waals surface area contributed by atoms with Crippen LogP contribution in [0, 0.1) is 29.1 Å². The molecule has 6 aromatic rings. The SMILES string of the molecule is Fc1c(F)c(F)c(-c2cccc(-c3cccc(-c4cc(-c5cccnc5)nc(-c5cccnc5)c4)n3)c2)c(F)c1F. The van der Waals surface area contributed by atoms with Crippen LogP contribution in [-0.4, -0.2) is 19.9 Å². The van der Waals surface area contributed by atoms with E-state index in [0.717, 1.165) is 16.7 Å².